The molecule has 0 atom stereocenters. The zero-order valence-electron chi connectivity index (χ0n) is 10.5. The van der Waals surface area contributed by atoms with Gasteiger partial charge >= 0.3 is 0 Å². The number of carbonyl (C=O) groups excluding carboxylic acids is 2. The molecule has 0 aliphatic heterocycles. The molecular formula is C14H19NO2. The summed E-state index contributed by atoms with van der Waals surface area (Å²) in [4.78, 5) is 23.0. The fraction of sp³-hybridized carbons (Fsp3) is 0.429. The average molecular weight is 233 g/mol. The zero-order chi connectivity index (χ0) is 12.7. The number of hydrogen-bond donors (Lipinski definition) is 1. The second-order valence-electron chi connectivity index (χ2n) is 3.99. The summed E-state index contributed by atoms with van der Waals surface area (Å²) in [6.07, 6.45) is 3.31. The van der Waals surface area contributed by atoms with Crippen LogP contribution in [0, 0.1) is 0 Å². The lowest BCUT2D eigenvalue weighted by atomic mass is 10.0. The minimum Gasteiger partial charge on any atom is -0.349 e. The van der Waals surface area contributed by atoms with E-state index in [9.17, 15) is 9.59 Å². The molecule has 1 N–H and O–H groups in total. The first-order valence-electron chi connectivity index (χ1n) is 6.10. The second-order valence-corrected chi connectivity index (χ2v) is 3.99. The number of Topliss-reactive ketones (excluding diaryl/α,β-unsaturated/α-hetero) is 1. The molecule has 3 nitrogen and oxygen atoms in total. The Morgan fingerprint density at radius 1 is 1.12 bits per heavy atom. The number of likely N-dealkylation sites (N-methyl/N-ethyl adjacent to an activating group) is 1. The predicted molar refractivity (Wildman–Crippen MR) is 68.1 cm³/mol. The molecular weight excluding hydrogens is 214 g/mol. The lowest BCUT2D eigenvalue weighted by Gasteiger charge is -2.03. The number of carbonyl (C=O) groups is 2. The maximum atomic E-state index is 11.6. The highest BCUT2D eigenvalue weighted by molar-refractivity contribution is 6.42. The molecule has 1 amide bonds. The first kappa shape index (κ1) is 13.4. The first-order valence-corrected chi connectivity index (χ1v) is 6.10. The number of amides is 1. The average Bonchev–Trinajstić information content (AvgIpc) is 2.36. The molecule has 0 radical (unpaired) electrons. The van der Waals surface area contributed by atoms with Crippen LogP contribution in [0.3, 0.4) is 0 Å². The number of rotatable bonds is 6. The van der Waals surface area contributed by atoms with Crippen LogP contribution in [0.5, 0.6) is 0 Å². The van der Waals surface area contributed by atoms with Crippen LogP contribution in [-0.2, 0) is 11.2 Å². The van der Waals surface area contributed by atoms with Crippen molar-refractivity contribution < 1.29 is 9.59 Å². The number of benzene rings is 1. The molecule has 0 aliphatic carbocycles. The van der Waals surface area contributed by atoms with Gasteiger partial charge in [0.25, 0.3) is 5.91 Å². The topological polar surface area (TPSA) is 46.2 Å². The lowest BCUT2D eigenvalue weighted by molar-refractivity contribution is -0.116. The fourth-order valence-electron chi connectivity index (χ4n) is 1.58. The van der Waals surface area contributed by atoms with Crippen molar-refractivity contribution in [1.82, 2.24) is 5.32 Å². The van der Waals surface area contributed by atoms with E-state index < -0.39 is 11.7 Å². The van der Waals surface area contributed by atoms with Crippen LogP contribution in [0.1, 0.15) is 42.6 Å². The zero-order valence-corrected chi connectivity index (χ0v) is 10.5. The summed E-state index contributed by atoms with van der Waals surface area (Å²) in [6.45, 7) is 4.41. The molecule has 1 rings (SSSR count). The SMILES string of the molecule is CCCCc1ccc(C(=O)C(=O)NCC)cc1. The van der Waals surface area contributed by atoms with Crippen molar-refractivity contribution in [2.75, 3.05) is 6.54 Å². The minimum atomic E-state index is -0.534. The lowest BCUT2D eigenvalue weighted by Crippen LogP contribution is -2.30. The Hall–Kier alpha value is -1.64. The van der Waals surface area contributed by atoms with Crippen molar-refractivity contribution >= 4 is 11.7 Å². The molecule has 92 valence electrons. The molecule has 3 heteroatoms. The van der Waals surface area contributed by atoms with Crippen LogP contribution in [0.4, 0.5) is 0 Å². The Labute approximate surface area is 102 Å². The highest BCUT2D eigenvalue weighted by atomic mass is 16.2. The summed E-state index contributed by atoms with van der Waals surface area (Å²) < 4.78 is 0. The standard InChI is InChI=1S/C14H19NO2/c1-3-5-6-11-7-9-12(10-8-11)13(16)14(17)15-4-2/h7-10H,3-6H2,1-2H3,(H,15,17). The van der Waals surface area contributed by atoms with Gasteiger partial charge in [-0.25, -0.2) is 0 Å². The van der Waals surface area contributed by atoms with Gasteiger partial charge in [0.05, 0.1) is 0 Å². The summed E-state index contributed by atoms with van der Waals surface area (Å²) in [5.74, 6) is -0.998. The maximum absolute atomic E-state index is 11.6. The number of hydrogen-bond acceptors (Lipinski definition) is 2. The molecule has 0 aliphatic rings. The number of ketones is 1. The third-order valence-corrected chi connectivity index (χ3v) is 2.58. The van der Waals surface area contributed by atoms with E-state index in [-0.39, 0.29) is 0 Å². The summed E-state index contributed by atoms with van der Waals surface area (Å²) in [5.41, 5.74) is 1.66. The minimum absolute atomic E-state index is 0.455. The van der Waals surface area contributed by atoms with Crippen LogP contribution >= 0.6 is 0 Å². The predicted octanol–water partition coefficient (Wildman–Crippen LogP) is 2.35. The van der Waals surface area contributed by atoms with Crippen molar-refractivity contribution in [2.45, 2.75) is 33.1 Å². The van der Waals surface area contributed by atoms with Gasteiger partial charge < -0.3 is 5.32 Å². The molecule has 0 aromatic heterocycles. The van der Waals surface area contributed by atoms with Crippen LogP contribution in [-0.4, -0.2) is 18.2 Å². The van der Waals surface area contributed by atoms with Gasteiger partial charge in [-0.15, -0.1) is 0 Å². The largest absolute Gasteiger partial charge is 0.349 e. The smallest absolute Gasteiger partial charge is 0.292 e. The third kappa shape index (κ3) is 4.02. The fourth-order valence-corrected chi connectivity index (χ4v) is 1.58. The molecule has 0 unspecified atom stereocenters. The van der Waals surface area contributed by atoms with E-state index >= 15 is 0 Å². The third-order valence-electron chi connectivity index (χ3n) is 2.58. The number of aryl methyl sites for hydroxylation is 1. The van der Waals surface area contributed by atoms with Gasteiger partial charge in [-0.05, 0) is 25.3 Å². The van der Waals surface area contributed by atoms with E-state index in [1.165, 1.54) is 5.56 Å². The van der Waals surface area contributed by atoms with E-state index in [1.807, 2.05) is 12.1 Å². The molecule has 1 aromatic rings. The van der Waals surface area contributed by atoms with Gasteiger partial charge in [-0.2, -0.15) is 0 Å². The monoisotopic (exact) mass is 233 g/mol. The van der Waals surface area contributed by atoms with Gasteiger partial charge in [-0.3, -0.25) is 9.59 Å². The Morgan fingerprint density at radius 3 is 2.29 bits per heavy atom. The van der Waals surface area contributed by atoms with Crippen LogP contribution in [0.2, 0.25) is 0 Å². The molecule has 0 spiro atoms. The van der Waals surface area contributed by atoms with Gasteiger partial charge in [0.1, 0.15) is 0 Å². The Bertz CT molecular complexity index is 382. The van der Waals surface area contributed by atoms with E-state index in [4.69, 9.17) is 0 Å². The highest BCUT2D eigenvalue weighted by Crippen LogP contribution is 2.08. The van der Waals surface area contributed by atoms with Crippen LogP contribution < -0.4 is 5.32 Å². The Balaban J connectivity index is 2.67. The van der Waals surface area contributed by atoms with Crippen molar-refractivity contribution in [1.29, 1.82) is 0 Å². The van der Waals surface area contributed by atoms with E-state index in [0.29, 0.717) is 12.1 Å². The second kappa shape index (κ2) is 6.84. The number of nitrogens with one attached hydrogen (secondary N) is 1. The summed E-state index contributed by atoms with van der Waals surface area (Å²) >= 11 is 0. The summed E-state index contributed by atoms with van der Waals surface area (Å²) in [6, 6.07) is 7.29. The van der Waals surface area contributed by atoms with E-state index in [0.717, 1.165) is 19.3 Å². The van der Waals surface area contributed by atoms with Crippen LogP contribution in [0.25, 0.3) is 0 Å². The molecule has 0 fully saturated rings. The van der Waals surface area contributed by atoms with Crippen molar-refractivity contribution in [3.63, 3.8) is 0 Å². The molecule has 1 aromatic carbocycles. The normalized spacial score (nSPS) is 10.0. The summed E-state index contributed by atoms with van der Waals surface area (Å²) in [7, 11) is 0. The molecule has 0 saturated heterocycles. The van der Waals surface area contributed by atoms with Gasteiger partial charge in [0.15, 0.2) is 0 Å². The van der Waals surface area contributed by atoms with Gasteiger partial charge in [0.2, 0.25) is 5.78 Å². The summed E-state index contributed by atoms with van der Waals surface area (Å²) in [5, 5.41) is 2.50. The van der Waals surface area contributed by atoms with Crippen LogP contribution in [0.15, 0.2) is 24.3 Å². The molecule has 17 heavy (non-hydrogen) atoms. The molecule has 0 heterocycles. The first-order chi connectivity index (χ1) is 8.19. The van der Waals surface area contributed by atoms with Crippen molar-refractivity contribution in [2.24, 2.45) is 0 Å². The van der Waals surface area contributed by atoms with Crippen molar-refractivity contribution in [3.05, 3.63) is 35.4 Å². The molecule has 0 bridgehead atoms. The molecule has 0 saturated carbocycles. The van der Waals surface area contributed by atoms with Gasteiger partial charge in [0, 0.05) is 12.1 Å². The highest BCUT2D eigenvalue weighted by Gasteiger charge is 2.14. The Kier molecular flexibility index (Phi) is 5.40. The Morgan fingerprint density at radius 2 is 1.76 bits per heavy atom. The van der Waals surface area contributed by atoms with E-state index in [1.54, 1.807) is 19.1 Å². The number of unbranched alkanes of at least 4 members (excludes halogenated alkanes) is 1. The quantitative estimate of drug-likeness (QED) is 0.605. The van der Waals surface area contributed by atoms with E-state index in [2.05, 4.69) is 12.2 Å². The maximum Gasteiger partial charge on any atom is 0.292 e. The van der Waals surface area contributed by atoms with Gasteiger partial charge in [-0.1, -0.05) is 37.6 Å². The van der Waals surface area contributed by atoms with Crippen molar-refractivity contribution in [3.8, 4) is 0 Å².